The fourth-order valence-corrected chi connectivity index (χ4v) is 5.62. The molecule has 0 spiro atoms. The first-order valence-corrected chi connectivity index (χ1v) is 12.7. The topological polar surface area (TPSA) is 162 Å². The summed E-state index contributed by atoms with van der Waals surface area (Å²) in [4.78, 5) is 36.2. The quantitative estimate of drug-likeness (QED) is 0.163. The highest BCUT2D eigenvalue weighted by Crippen LogP contribution is 2.67. The monoisotopic (exact) mass is 538 g/mol. The number of aliphatic carboxylic acids is 1. The Kier molecular flexibility index (Phi) is 6.96. The summed E-state index contributed by atoms with van der Waals surface area (Å²) < 4.78 is 1.67. The van der Waals surface area contributed by atoms with Crippen LogP contribution in [-0.4, -0.2) is 66.0 Å². The molecule has 0 unspecified atom stereocenters. The van der Waals surface area contributed by atoms with Crippen molar-refractivity contribution in [1.82, 2.24) is 24.8 Å². The minimum Gasteiger partial charge on any atom is -0.481 e. The van der Waals surface area contributed by atoms with Crippen LogP contribution < -0.4 is 10.6 Å². The van der Waals surface area contributed by atoms with Crippen molar-refractivity contribution in [1.29, 1.82) is 0 Å². The Bertz CT molecular complexity index is 1470. The molecule has 0 aliphatic heterocycles. The van der Waals surface area contributed by atoms with E-state index in [-0.39, 0.29) is 23.5 Å². The van der Waals surface area contributed by atoms with Gasteiger partial charge < -0.3 is 30.5 Å². The lowest BCUT2D eigenvalue weighted by atomic mass is 9.98. The van der Waals surface area contributed by atoms with Gasteiger partial charge in [-0.2, -0.15) is 9.97 Å². The van der Waals surface area contributed by atoms with Gasteiger partial charge in [0.15, 0.2) is 17.0 Å². The number of fused-ring (bicyclic) bond motifs is 2. The molecule has 0 radical (unpaired) electrons. The smallest absolute Gasteiger partial charge is 0.303 e. The van der Waals surface area contributed by atoms with Crippen molar-refractivity contribution in [3.05, 3.63) is 47.0 Å². The molecule has 1 amide bonds. The Hall–Kier alpha value is -3.72. The Morgan fingerprint density at radius 2 is 2.11 bits per heavy atom. The van der Waals surface area contributed by atoms with E-state index >= 15 is 0 Å². The average Bonchev–Trinajstić information content (AvgIpc) is 3.44. The van der Waals surface area contributed by atoms with Crippen LogP contribution in [0.1, 0.15) is 42.9 Å². The van der Waals surface area contributed by atoms with Crippen LogP contribution in [0.4, 0.5) is 5.82 Å². The number of aliphatic hydroxyl groups excluding tert-OH is 2. The minimum atomic E-state index is -1.20. The second-order valence-electron chi connectivity index (χ2n) is 9.62. The van der Waals surface area contributed by atoms with Crippen molar-refractivity contribution in [2.45, 2.75) is 50.5 Å². The number of halogens is 1. The van der Waals surface area contributed by atoms with E-state index in [9.17, 15) is 19.8 Å². The molecule has 2 aromatic heterocycles. The number of unbranched alkanes of at least 4 members (excludes halogenated alkanes) is 1. The Labute approximate surface area is 223 Å². The van der Waals surface area contributed by atoms with Gasteiger partial charge in [-0.25, -0.2) is 4.98 Å². The number of carboxylic acids is 1. The number of rotatable bonds is 8. The third kappa shape index (κ3) is 4.55. The fourth-order valence-electron chi connectivity index (χ4n) is 5.46. The van der Waals surface area contributed by atoms with E-state index in [0.717, 1.165) is 11.1 Å². The number of hydrogen-bond donors (Lipinski definition) is 5. The van der Waals surface area contributed by atoms with Crippen molar-refractivity contribution < 1.29 is 24.9 Å². The van der Waals surface area contributed by atoms with Gasteiger partial charge in [0.25, 0.3) is 0 Å². The number of anilines is 1. The van der Waals surface area contributed by atoms with Crippen molar-refractivity contribution in [2.24, 2.45) is 11.3 Å². The van der Waals surface area contributed by atoms with Gasteiger partial charge in [0.1, 0.15) is 6.10 Å². The molecular weight excluding hydrogens is 512 g/mol. The Morgan fingerprint density at radius 3 is 2.87 bits per heavy atom. The van der Waals surface area contributed by atoms with Crippen molar-refractivity contribution in [3.8, 4) is 11.8 Å². The first-order valence-electron chi connectivity index (χ1n) is 12.3. The standard InChI is InChI=1S/C26H27ClN6O5/c1-28-24(38)26-11-16(26)19(20(36)21(26)37)33-13-30-18-22(31-25(27)32-23(18)33)29-12-15-8-5-7-14(10-15)6-3-2-4-9-17(34)35/h5,7-8,10,13,16,19-21,36-37H,2,4,9,11-12H2,1H3,(H,28,38)(H,34,35)(H,29,31,32)/t16-,19-,20+,21+,26+/m1/s1. The van der Waals surface area contributed by atoms with E-state index in [4.69, 9.17) is 16.7 Å². The molecule has 1 aromatic carbocycles. The summed E-state index contributed by atoms with van der Waals surface area (Å²) in [6.45, 7) is 0.400. The first-order chi connectivity index (χ1) is 18.3. The number of imidazole rings is 1. The molecular formula is C26H27ClN6O5. The zero-order valence-corrected chi connectivity index (χ0v) is 21.3. The summed E-state index contributed by atoms with van der Waals surface area (Å²) in [6, 6.07) is 7.04. The number of hydrogen-bond acceptors (Lipinski definition) is 8. The highest BCUT2D eigenvalue weighted by molar-refractivity contribution is 6.28. The fraction of sp³-hybridized carbons (Fsp3) is 0.423. The molecule has 5 atom stereocenters. The Morgan fingerprint density at radius 1 is 1.29 bits per heavy atom. The van der Waals surface area contributed by atoms with Gasteiger partial charge in [-0.05, 0) is 42.1 Å². The predicted octanol–water partition coefficient (Wildman–Crippen LogP) is 1.73. The number of nitrogens with zero attached hydrogens (tertiary/aromatic N) is 4. The second-order valence-corrected chi connectivity index (χ2v) is 9.96. The summed E-state index contributed by atoms with van der Waals surface area (Å²) in [5.41, 5.74) is 1.57. The van der Waals surface area contributed by atoms with Gasteiger partial charge >= 0.3 is 5.97 Å². The lowest BCUT2D eigenvalue weighted by molar-refractivity contribution is -0.137. The number of aliphatic hydroxyl groups is 2. The Balaban J connectivity index is 1.34. The summed E-state index contributed by atoms with van der Waals surface area (Å²) >= 11 is 6.25. The van der Waals surface area contributed by atoms with Gasteiger partial charge in [-0.3, -0.25) is 9.59 Å². The molecule has 12 heteroatoms. The van der Waals surface area contributed by atoms with E-state index < -0.39 is 29.6 Å². The first kappa shape index (κ1) is 25.9. The number of carbonyl (C=O) groups is 2. The summed E-state index contributed by atoms with van der Waals surface area (Å²) in [5, 5.41) is 36.1. The highest BCUT2D eigenvalue weighted by Gasteiger charge is 2.75. The third-order valence-electron chi connectivity index (χ3n) is 7.35. The number of nitrogens with one attached hydrogen (secondary N) is 2. The van der Waals surface area contributed by atoms with Gasteiger partial charge in [0.2, 0.25) is 11.2 Å². The molecule has 0 bridgehead atoms. The molecule has 2 saturated carbocycles. The zero-order chi connectivity index (χ0) is 27.0. The number of amides is 1. The maximum Gasteiger partial charge on any atom is 0.303 e. The summed E-state index contributed by atoms with van der Waals surface area (Å²) in [7, 11) is 1.52. The number of carboxylic acid groups (broad SMARTS) is 1. The summed E-state index contributed by atoms with van der Waals surface area (Å²) in [6.07, 6.45) is 0.731. The van der Waals surface area contributed by atoms with Crippen LogP contribution in [0, 0.1) is 23.2 Å². The SMILES string of the molecule is CNC(=O)[C@@]12C[C@@H]1[C@@H](n1cnc3c(NCc4cccc(C#CCCCC(=O)O)c4)nc(Cl)nc31)[C@H](O)[C@@H]2O. The van der Waals surface area contributed by atoms with Crippen molar-refractivity contribution in [2.75, 3.05) is 12.4 Å². The zero-order valence-electron chi connectivity index (χ0n) is 20.6. The van der Waals surface area contributed by atoms with Gasteiger partial charge in [0.05, 0.1) is 23.9 Å². The summed E-state index contributed by atoms with van der Waals surface area (Å²) in [5.74, 6) is 5.08. The van der Waals surface area contributed by atoms with Crippen LogP contribution >= 0.6 is 11.6 Å². The molecule has 3 aromatic rings. The maximum absolute atomic E-state index is 12.5. The molecule has 2 aliphatic rings. The van der Waals surface area contributed by atoms with E-state index in [1.165, 1.54) is 13.4 Å². The molecule has 38 heavy (non-hydrogen) atoms. The molecule has 198 valence electrons. The van der Waals surface area contributed by atoms with Crippen LogP contribution in [0.3, 0.4) is 0 Å². The van der Waals surface area contributed by atoms with Crippen molar-refractivity contribution >= 4 is 40.5 Å². The lowest BCUT2D eigenvalue weighted by Gasteiger charge is -2.23. The van der Waals surface area contributed by atoms with E-state index in [2.05, 4.69) is 37.4 Å². The van der Waals surface area contributed by atoms with Crippen LogP contribution in [0.2, 0.25) is 5.28 Å². The third-order valence-corrected chi connectivity index (χ3v) is 7.52. The number of aromatic nitrogens is 4. The predicted molar refractivity (Wildman–Crippen MR) is 138 cm³/mol. The van der Waals surface area contributed by atoms with E-state index in [1.54, 1.807) is 4.57 Å². The minimum absolute atomic E-state index is 0.0101. The van der Waals surface area contributed by atoms with Crippen LogP contribution in [0.15, 0.2) is 30.6 Å². The molecule has 11 nitrogen and oxygen atoms in total. The molecule has 5 rings (SSSR count). The molecule has 2 fully saturated rings. The molecule has 0 saturated heterocycles. The number of benzene rings is 1. The van der Waals surface area contributed by atoms with Crippen LogP contribution in [-0.2, 0) is 16.1 Å². The van der Waals surface area contributed by atoms with Gasteiger partial charge in [-0.1, -0.05) is 24.0 Å². The normalized spacial score (nSPS) is 25.4. The van der Waals surface area contributed by atoms with Crippen LogP contribution in [0.25, 0.3) is 11.2 Å². The average molecular weight is 539 g/mol. The van der Waals surface area contributed by atoms with Crippen LogP contribution in [0.5, 0.6) is 0 Å². The largest absolute Gasteiger partial charge is 0.481 e. The lowest BCUT2D eigenvalue weighted by Crippen LogP contribution is -2.41. The van der Waals surface area contributed by atoms with Crippen molar-refractivity contribution in [3.63, 3.8) is 0 Å². The number of carbonyl (C=O) groups excluding carboxylic acids is 1. The molecule has 2 heterocycles. The van der Waals surface area contributed by atoms with E-state index in [0.29, 0.717) is 42.8 Å². The van der Waals surface area contributed by atoms with Gasteiger partial charge in [0, 0.05) is 37.9 Å². The highest BCUT2D eigenvalue weighted by atomic mass is 35.5. The molecule has 5 N–H and O–H groups in total. The van der Waals surface area contributed by atoms with Gasteiger partial charge in [-0.15, -0.1) is 0 Å². The maximum atomic E-state index is 12.5. The molecule has 2 aliphatic carbocycles. The second kappa shape index (κ2) is 10.2. The van der Waals surface area contributed by atoms with E-state index in [1.807, 2.05) is 24.3 Å².